The van der Waals surface area contributed by atoms with Crippen LogP contribution in [0.1, 0.15) is 43.5 Å². The van der Waals surface area contributed by atoms with Crippen molar-refractivity contribution in [3.8, 4) is 0 Å². The van der Waals surface area contributed by atoms with E-state index in [4.69, 9.17) is 4.42 Å². The summed E-state index contributed by atoms with van der Waals surface area (Å²) in [5.74, 6) is 1.55. The smallest absolute Gasteiger partial charge is 0.120 e. The summed E-state index contributed by atoms with van der Waals surface area (Å²) in [6, 6.07) is 8.87. The van der Waals surface area contributed by atoms with Gasteiger partial charge in [-0.15, -0.1) is 11.3 Å². The second-order valence-corrected chi connectivity index (χ2v) is 5.62. The Morgan fingerprint density at radius 3 is 2.53 bits per heavy atom. The van der Waals surface area contributed by atoms with Crippen LogP contribution < -0.4 is 5.32 Å². The van der Waals surface area contributed by atoms with Gasteiger partial charge in [0.15, 0.2) is 0 Å². The van der Waals surface area contributed by atoms with Gasteiger partial charge in [0.05, 0.1) is 12.3 Å². The number of nitrogens with one attached hydrogen (secondary N) is 1. The van der Waals surface area contributed by atoms with Crippen LogP contribution in [0.5, 0.6) is 0 Å². The summed E-state index contributed by atoms with van der Waals surface area (Å²) in [5, 5.41) is 5.77. The molecule has 2 aromatic rings. The van der Waals surface area contributed by atoms with Crippen LogP contribution in [0.15, 0.2) is 40.3 Å². The first-order valence-electron chi connectivity index (χ1n) is 6.01. The first-order chi connectivity index (χ1) is 8.18. The number of furan rings is 1. The minimum Gasteiger partial charge on any atom is -0.468 e. The van der Waals surface area contributed by atoms with Crippen molar-refractivity contribution in [1.82, 2.24) is 5.32 Å². The topological polar surface area (TPSA) is 25.2 Å². The van der Waals surface area contributed by atoms with Gasteiger partial charge in [-0.1, -0.05) is 19.9 Å². The van der Waals surface area contributed by atoms with Gasteiger partial charge in [-0.05, 0) is 36.4 Å². The van der Waals surface area contributed by atoms with Crippen LogP contribution in [0.25, 0.3) is 0 Å². The zero-order valence-corrected chi connectivity index (χ0v) is 11.3. The lowest BCUT2D eigenvalue weighted by Gasteiger charge is -2.24. The molecule has 2 heterocycles. The van der Waals surface area contributed by atoms with Crippen molar-refractivity contribution in [1.29, 1.82) is 0 Å². The fourth-order valence-corrected chi connectivity index (χ4v) is 2.92. The Hall–Kier alpha value is -1.06. The molecule has 0 aliphatic heterocycles. The van der Waals surface area contributed by atoms with E-state index in [1.165, 1.54) is 4.88 Å². The lowest BCUT2D eigenvalue weighted by molar-refractivity contribution is 0.344. The average molecular weight is 249 g/mol. The molecule has 3 heteroatoms. The molecule has 2 nitrogen and oxygen atoms in total. The molecule has 0 fully saturated rings. The lowest BCUT2D eigenvalue weighted by Crippen LogP contribution is -2.27. The molecule has 2 atom stereocenters. The largest absolute Gasteiger partial charge is 0.468 e. The Morgan fingerprint density at radius 2 is 2.00 bits per heavy atom. The molecule has 0 aromatic carbocycles. The molecule has 0 spiro atoms. The highest BCUT2D eigenvalue weighted by atomic mass is 32.1. The van der Waals surface area contributed by atoms with Crippen molar-refractivity contribution in [3.63, 3.8) is 0 Å². The van der Waals surface area contributed by atoms with Gasteiger partial charge in [0.2, 0.25) is 0 Å². The van der Waals surface area contributed by atoms with Crippen molar-refractivity contribution in [2.75, 3.05) is 0 Å². The van der Waals surface area contributed by atoms with Gasteiger partial charge < -0.3 is 4.42 Å². The standard InChI is InChI=1S/C14H19NOS/c1-10(2)14(13-7-5-9-17-13)15-11(3)12-6-4-8-16-12/h4-11,14-15H,1-3H3. The molecule has 0 radical (unpaired) electrons. The van der Waals surface area contributed by atoms with E-state index in [-0.39, 0.29) is 6.04 Å². The van der Waals surface area contributed by atoms with Gasteiger partial charge in [-0.3, -0.25) is 5.32 Å². The predicted octanol–water partition coefficient (Wildman–Crippen LogP) is 4.39. The Labute approximate surface area is 107 Å². The first-order valence-corrected chi connectivity index (χ1v) is 6.89. The second-order valence-electron chi connectivity index (χ2n) is 4.64. The SMILES string of the molecule is CC(NC(c1cccs1)C(C)C)c1ccco1. The molecular formula is C14H19NOS. The summed E-state index contributed by atoms with van der Waals surface area (Å²) in [5.41, 5.74) is 0. The van der Waals surface area contributed by atoms with Crippen LogP contribution in [0.4, 0.5) is 0 Å². The van der Waals surface area contributed by atoms with Crippen molar-refractivity contribution in [3.05, 3.63) is 46.5 Å². The van der Waals surface area contributed by atoms with Crippen molar-refractivity contribution in [2.45, 2.75) is 32.9 Å². The molecule has 0 amide bonds. The predicted molar refractivity (Wildman–Crippen MR) is 72.2 cm³/mol. The van der Waals surface area contributed by atoms with Crippen molar-refractivity contribution < 1.29 is 4.42 Å². The van der Waals surface area contributed by atoms with Crippen LogP contribution in [-0.4, -0.2) is 0 Å². The first kappa shape index (κ1) is 12.4. The molecule has 0 aliphatic rings. The quantitative estimate of drug-likeness (QED) is 0.850. The fourth-order valence-electron chi connectivity index (χ4n) is 1.96. The summed E-state index contributed by atoms with van der Waals surface area (Å²) in [7, 11) is 0. The van der Waals surface area contributed by atoms with E-state index in [1.54, 1.807) is 17.6 Å². The van der Waals surface area contributed by atoms with Crippen LogP contribution in [-0.2, 0) is 0 Å². The molecule has 0 saturated carbocycles. The maximum atomic E-state index is 5.43. The summed E-state index contributed by atoms with van der Waals surface area (Å²) >= 11 is 1.81. The van der Waals surface area contributed by atoms with Gasteiger partial charge >= 0.3 is 0 Å². The molecule has 92 valence electrons. The third kappa shape index (κ3) is 2.99. The minimum atomic E-state index is 0.236. The number of hydrogen-bond acceptors (Lipinski definition) is 3. The Kier molecular flexibility index (Phi) is 4.02. The number of thiophene rings is 1. The van der Waals surface area contributed by atoms with E-state index in [0.29, 0.717) is 12.0 Å². The van der Waals surface area contributed by atoms with Crippen LogP contribution in [0.3, 0.4) is 0 Å². The molecule has 0 bridgehead atoms. The molecule has 1 N–H and O–H groups in total. The zero-order chi connectivity index (χ0) is 12.3. The average Bonchev–Trinajstić information content (AvgIpc) is 2.97. The van der Waals surface area contributed by atoms with Gasteiger partial charge in [0.1, 0.15) is 5.76 Å². The molecule has 2 unspecified atom stereocenters. The molecule has 0 saturated heterocycles. The van der Waals surface area contributed by atoms with Crippen LogP contribution >= 0.6 is 11.3 Å². The summed E-state index contributed by atoms with van der Waals surface area (Å²) in [4.78, 5) is 1.39. The second kappa shape index (κ2) is 5.52. The van der Waals surface area contributed by atoms with E-state index in [0.717, 1.165) is 5.76 Å². The van der Waals surface area contributed by atoms with E-state index in [9.17, 15) is 0 Å². The minimum absolute atomic E-state index is 0.236. The Bertz CT molecular complexity index is 419. The Morgan fingerprint density at radius 1 is 1.18 bits per heavy atom. The van der Waals surface area contributed by atoms with Crippen LogP contribution in [0.2, 0.25) is 0 Å². The van der Waals surface area contributed by atoms with E-state index >= 15 is 0 Å². The number of rotatable bonds is 5. The third-order valence-electron chi connectivity index (χ3n) is 2.92. The molecule has 17 heavy (non-hydrogen) atoms. The van der Waals surface area contributed by atoms with Crippen LogP contribution in [0, 0.1) is 5.92 Å². The monoisotopic (exact) mass is 249 g/mol. The van der Waals surface area contributed by atoms with Crippen molar-refractivity contribution >= 4 is 11.3 Å². The molecule has 2 rings (SSSR count). The molecule has 2 aromatic heterocycles. The third-order valence-corrected chi connectivity index (χ3v) is 3.87. The van der Waals surface area contributed by atoms with E-state index in [1.807, 2.05) is 12.1 Å². The van der Waals surface area contributed by atoms with Gasteiger partial charge in [-0.2, -0.15) is 0 Å². The summed E-state index contributed by atoms with van der Waals surface area (Å²) in [6.07, 6.45) is 1.73. The summed E-state index contributed by atoms with van der Waals surface area (Å²) in [6.45, 7) is 6.63. The van der Waals surface area contributed by atoms with Gasteiger partial charge in [0, 0.05) is 10.9 Å². The highest BCUT2D eigenvalue weighted by Gasteiger charge is 2.20. The van der Waals surface area contributed by atoms with Crippen molar-refractivity contribution in [2.24, 2.45) is 5.92 Å². The molecular weight excluding hydrogens is 230 g/mol. The van der Waals surface area contributed by atoms with E-state index in [2.05, 4.69) is 43.6 Å². The zero-order valence-electron chi connectivity index (χ0n) is 10.5. The maximum Gasteiger partial charge on any atom is 0.120 e. The molecule has 0 aliphatic carbocycles. The highest BCUT2D eigenvalue weighted by molar-refractivity contribution is 7.10. The highest BCUT2D eigenvalue weighted by Crippen LogP contribution is 2.28. The normalized spacial score (nSPS) is 15.1. The lowest BCUT2D eigenvalue weighted by atomic mass is 10.0. The van der Waals surface area contributed by atoms with Gasteiger partial charge in [-0.25, -0.2) is 0 Å². The number of hydrogen-bond donors (Lipinski definition) is 1. The Balaban J connectivity index is 2.09. The fraction of sp³-hybridized carbons (Fsp3) is 0.429. The van der Waals surface area contributed by atoms with Gasteiger partial charge in [0.25, 0.3) is 0 Å². The maximum absolute atomic E-state index is 5.43. The van der Waals surface area contributed by atoms with E-state index < -0.39 is 0 Å². The summed E-state index contributed by atoms with van der Waals surface area (Å²) < 4.78 is 5.43.